The van der Waals surface area contributed by atoms with Crippen molar-refractivity contribution in [1.82, 2.24) is 0 Å². The smallest absolute Gasteiger partial charge is 0.260 e. The fourth-order valence-electron chi connectivity index (χ4n) is 0.734. The molecule has 0 atom stereocenters. The first-order valence-corrected chi connectivity index (χ1v) is 5.21. The van der Waals surface area contributed by atoms with Crippen LogP contribution in [0.2, 0.25) is 0 Å². The van der Waals surface area contributed by atoms with Crippen molar-refractivity contribution >= 4 is 18.5 Å². The van der Waals surface area contributed by atoms with Crippen LogP contribution in [0.4, 0.5) is 13.2 Å². The third kappa shape index (κ3) is 5.11. The second kappa shape index (κ2) is 5.90. The van der Waals surface area contributed by atoms with Gasteiger partial charge in [0.15, 0.2) is 0 Å². The van der Waals surface area contributed by atoms with Gasteiger partial charge in [0.1, 0.15) is 5.70 Å². The van der Waals surface area contributed by atoms with Crippen molar-refractivity contribution in [2.75, 3.05) is 12.0 Å². The van der Waals surface area contributed by atoms with Crippen molar-refractivity contribution in [3.8, 4) is 0 Å². The minimum atomic E-state index is -4.42. The van der Waals surface area contributed by atoms with Crippen LogP contribution in [0.5, 0.6) is 0 Å². The minimum Gasteiger partial charge on any atom is -0.260 e. The van der Waals surface area contributed by atoms with Crippen LogP contribution in [0.25, 0.3) is 0 Å². The number of hydrogen-bond donors (Lipinski definition) is 0. The molecule has 0 saturated carbocycles. The largest absolute Gasteiger partial charge is 0.433 e. The second-order valence-corrected chi connectivity index (χ2v) is 3.52. The van der Waals surface area contributed by atoms with Crippen LogP contribution in [0, 0.1) is 0 Å². The van der Waals surface area contributed by atoms with E-state index < -0.39 is 11.9 Å². The number of hydrogen-bond acceptors (Lipinski definition) is 2. The van der Waals surface area contributed by atoms with E-state index in [4.69, 9.17) is 0 Å². The lowest BCUT2D eigenvalue weighted by Crippen LogP contribution is -2.09. The van der Waals surface area contributed by atoms with Crippen LogP contribution in [0.3, 0.4) is 0 Å². The van der Waals surface area contributed by atoms with Crippen molar-refractivity contribution in [1.29, 1.82) is 0 Å². The van der Waals surface area contributed by atoms with Gasteiger partial charge in [-0.25, -0.2) is 0 Å². The Morgan fingerprint density at radius 2 is 2.00 bits per heavy atom. The van der Waals surface area contributed by atoms with E-state index in [1.165, 1.54) is 6.08 Å². The monoisotopic (exact) mass is 223 g/mol. The number of alkyl halides is 3. The van der Waals surface area contributed by atoms with Crippen molar-refractivity contribution in [3.05, 3.63) is 23.4 Å². The highest BCUT2D eigenvalue weighted by molar-refractivity contribution is 7.98. The molecular weight excluding hydrogens is 211 g/mol. The van der Waals surface area contributed by atoms with Crippen LogP contribution in [-0.4, -0.2) is 24.9 Å². The maximum Gasteiger partial charge on any atom is 0.433 e. The molecule has 0 N–H and O–H groups in total. The molecule has 0 rings (SSSR count). The summed E-state index contributed by atoms with van der Waals surface area (Å²) in [5.74, 6) is 0.707. The topological polar surface area (TPSA) is 12.4 Å². The number of rotatable bonds is 4. The average molecular weight is 223 g/mol. The lowest BCUT2D eigenvalue weighted by atomic mass is 10.3. The first kappa shape index (κ1) is 13.3. The minimum absolute atomic E-state index is 0.707. The fourth-order valence-corrected chi connectivity index (χ4v) is 1.29. The highest BCUT2D eigenvalue weighted by Crippen LogP contribution is 2.26. The third-order valence-electron chi connectivity index (χ3n) is 1.36. The first-order valence-electron chi connectivity index (χ1n) is 3.82. The van der Waals surface area contributed by atoms with Gasteiger partial charge in [0.2, 0.25) is 0 Å². The van der Waals surface area contributed by atoms with Gasteiger partial charge in [-0.3, -0.25) is 4.99 Å². The number of thioether (sulfide) groups is 1. The maximum absolute atomic E-state index is 12.1. The van der Waals surface area contributed by atoms with Crippen molar-refractivity contribution < 1.29 is 13.2 Å². The second-order valence-electron chi connectivity index (χ2n) is 2.65. The Balaban J connectivity index is 4.62. The summed E-state index contributed by atoms with van der Waals surface area (Å²) in [6.07, 6.45) is -0.179. The van der Waals surface area contributed by atoms with Crippen LogP contribution in [0.15, 0.2) is 28.4 Å². The van der Waals surface area contributed by atoms with E-state index >= 15 is 0 Å². The van der Waals surface area contributed by atoms with Gasteiger partial charge in [-0.2, -0.15) is 24.9 Å². The zero-order valence-electron chi connectivity index (χ0n) is 8.06. The summed E-state index contributed by atoms with van der Waals surface area (Å²) < 4.78 is 36.4. The molecule has 0 aromatic heterocycles. The zero-order valence-corrected chi connectivity index (χ0v) is 8.87. The van der Waals surface area contributed by atoms with Gasteiger partial charge in [-0.05, 0) is 26.0 Å². The van der Waals surface area contributed by atoms with Crippen molar-refractivity contribution in [3.63, 3.8) is 0 Å². The molecule has 1 nitrogen and oxygen atoms in total. The molecule has 0 unspecified atom stereocenters. The molecule has 0 heterocycles. The summed E-state index contributed by atoms with van der Waals surface area (Å²) in [7, 11) is 0. The predicted molar refractivity (Wildman–Crippen MR) is 55.8 cm³/mol. The van der Waals surface area contributed by atoms with Gasteiger partial charge >= 0.3 is 6.18 Å². The molecule has 5 heteroatoms. The Kier molecular flexibility index (Phi) is 5.60. The molecule has 0 radical (unpaired) electrons. The number of nitrogens with zero attached hydrogens (tertiary/aromatic N) is 1. The molecule has 80 valence electrons. The third-order valence-corrected chi connectivity index (χ3v) is 2.10. The van der Waals surface area contributed by atoms with E-state index in [0.717, 1.165) is 11.6 Å². The Labute approximate surface area is 85.8 Å². The average Bonchev–Trinajstić information content (AvgIpc) is 2.03. The van der Waals surface area contributed by atoms with Crippen LogP contribution < -0.4 is 0 Å². The number of aliphatic imine (C=N–C) groups is 1. The molecule has 0 spiro atoms. The molecule has 0 amide bonds. The lowest BCUT2D eigenvalue weighted by Gasteiger charge is -2.04. The maximum atomic E-state index is 12.1. The summed E-state index contributed by atoms with van der Waals surface area (Å²) >= 11 is 1.55. The van der Waals surface area contributed by atoms with Gasteiger partial charge in [-0.15, -0.1) is 0 Å². The standard InChI is InChI=1S/C9H12F3NS/c1-7(6-14-3)4-5-8(13-2)9(10,11)12/h4-5H,2,6H2,1,3H3. The lowest BCUT2D eigenvalue weighted by molar-refractivity contribution is -0.0922. The molecule has 0 aromatic rings. The molecule has 0 aliphatic rings. The Morgan fingerprint density at radius 3 is 2.36 bits per heavy atom. The van der Waals surface area contributed by atoms with E-state index in [2.05, 4.69) is 11.7 Å². The highest BCUT2D eigenvalue weighted by Gasteiger charge is 2.32. The summed E-state index contributed by atoms with van der Waals surface area (Å²) in [6, 6.07) is 0. The van der Waals surface area contributed by atoms with Gasteiger partial charge < -0.3 is 0 Å². The fraction of sp³-hybridized carbons (Fsp3) is 0.444. The number of allylic oxidation sites excluding steroid dienone is 3. The quantitative estimate of drug-likeness (QED) is 0.525. The molecule has 0 saturated heterocycles. The van der Waals surface area contributed by atoms with E-state index in [9.17, 15) is 13.2 Å². The molecular formula is C9H12F3NS. The van der Waals surface area contributed by atoms with Crippen LogP contribution in [0.1, 0.15) is 6.92 Å². The number of halogens is 3. The summed E-state index contributed by atoms with van der Waals surface area (Å²) in [6.45, 7) is 4.65. The molecule has 14 heavy (non-hydrogen) atoms. The van der Waals surface area contributed by atoms with E-state index in [1.54, 1.807) is 18.7 Å². The van der Waals surface area contributed by atoms with E-state index in [1.807, 2.05) is 6.26 Å². The summed E-state index contributed by atoms with van der Waals surface area (Å²) in [5, 5.41) is 0. The van der Waals surface area contributed by atoms with Crippen LogP contribution >= 0.6 is 11.8 Å². The van der Waals surface area contributed by atoms with Gasteiger partial charge in [0.25, 0.3) is 0 Å². The van der Waals surface area contributed by atoms with Crippen molar-refractivity contribution in [2.24, 2.45) is 4.99 Å². The molecule has 0 aliphatic heterocycles. The molecule has 0 fully saturated rings. The highest BCUT2D eigenvalue weighted by atomic mass is 32.2. The molecule has 0 aliphatic carbocycles. The van der Waals surface area contributed by atoms with Crippen LogP contribution in [-0.2, 0) is 0 Å². The predicted octanol–water partition coefficient (Wildman–Crippen LogP) is 3.44. The first-order chi connectivity index (χ1) is 6.41. The normalized spacial score (nSPS) is 14.4. The van der Waals surface area contributed by atoms with E-state index in [-0.39, 0.29) is 0 Å². The Bertz CT molecular complexity index is 253. The molecule has 0 bridgehead atoms. The van der Waals surface area contributed by atoms with E-state index in [0.29, 0.717) is 5.75 Å². The summed E-state index contributed by atoms with van der Waals surface area (Å²) in [5.41, 5.74) is -0.0964. The zero-order chi connectivity index (χ0) is 11.2. The van der Waals surface area contributed by atoms with Crippen molar-refractivity contribution in [2.45, 2.75) is 13.1 Å². The molecule has 0 aromatic carbocycles. The Morgan fingerprint density at radius 1 is 1.43 bits per heavy atom. The van der Waals surface area contributed by atoms with Gasteiger partial charge in [-0.1, -0.05) is 11.6 Å². The van der Waals surface area contributed by atoms with Gasteiger partial charge in [0, 0.05) is 5.75 Å². The van der Waals surface area contributed by atoms with Gasteiger partial charge in [0.05, 0.1) is 0 Å². The summed E-state index contributed by atoms with van der Waals surface area (Å²) in [4.78, 5) is 2.93. The SMILES string of the molecule is C=NC(=CC=C(C)CSC)C(F)(F)F. The Hall–Kier alpha value is -0.710.